The molecule has 1 aliphatic rings. The smallest absolute Gasteiger partial charge is 0.251 e. The molecule has 1 amide bonds. The van der Waals surface area contributed by atoms with Crippen molar-refractivity contribution >= 4 is 5.91 Å². The van der Waals surface area contributed by atoms with Gasteiger partial charge in [0.1, 0.15) is 0 Å². The average molecular weight is 338 g/mol. The zero-order valence-corrected chi connectivity index (χ0v) is 14.7. The summed E-state index contributed by atoms with van der Waals surface area (Å²) in [5.74, 6) is -0.0380. The molecule has 132 valence electrons. The summed E-state index contributed by atoms with van der Waals surface area (Å²) in [6.45, 7) is 1.84. The number of carbonyl (C=O) groups excluding carboxylic acids is 1. The van der Waals surface area contributed by atoms with Gasteiger partial charge in [0.25, 0.3) is 5.91 Å². The molecule has 2 aromatic carbocycles. The molecule has 0 aliphatic carbocycles. The molecule has 4 nitrogen and oxygen atoms in total. The van der Waals surface area contributed by atoms with Crippen LogP contribution in [0.15, 0.2) is 48.5 Å². The maximum atomic E-state index is 12.5. The van der Waals surface area contributed by atoms with Crippen LogP contribution in [-0.2, 0) is 6.61 Å². The van der Waals surface area contributed by atoms with Crippen molar-refractivity contribution < 1.29 is 9.90 Å². The third-order valence-electron chi connectivity index (χ3n) is 5.06. The molecule has 3 rings (SSSR count). The number of hydrogen-bond donors (Lipinski definition) is 2. The number of nitrogens with one attached hydrogen (secondary N) is 1. The van der Waals surface area contributed by atoms with Gasteiger partial charge in [-0.15, -0.1) is 0 Å². The lowest BCUT2D eigenvalue weighted by molar-refractivity contribution is 0.0950. The Morgan fingerprint density at radius 2 is 2.08 bits per heavy atom. The predicted octanol–water partition coefficient (Wildman–Crippen LogP) is 3.06. The highest BCUT2D eigenvalue weighted by Gasteiger charge is 2.20. The summed E-state index contributed by atoms with van der Waals surface area (Å²) in [5.41, 5.74) is 3.44. The van der Waals surface area contributed by atoms with Crippen LogP contribution in [0.25, 0.3) is 11.1 Å². The lowest BCUT2D eigenvalue weighted by Crippen LogP contribution is -2.31. The van der Waals surface area contributed by atoms with E-state index in [2.05, 4.69) is 17.3 Å². The first-order valence-corrected chi connectivity index (χ1v) is 8.96. The van der Waals surface area contributed by atoms with Gasteiger partial charge in [-0.05, 0) is 61.7 Å². The fraction of sp³-hybridized carbons (Fsp3) is 0.381. The van der Waals surface area contributed by atoms with E-state index in [-0.39, 0.29) is 12.5 Å². The Hall–Kier alpha value is -2.17. The molecule has 1 fully saturated rings. The van der Waals surface area contributed by atoms with Crippen LogP contribution in [0, 0.1) is 0 Å². The van der Waals surface area contributed by atoms with Crippen LogP contribution in [0.5, 0.6) is 0 Å². The van der Waals surface area contributed by atoms with Gasteiger partial charge in [-0.3, -0.25) is 4.79 Å². The van der Waals surface area contributed by atoms with E-state index in [1.807, 2.05) is 48.5 Å². The van der Waals surface area contributed by atoms with Crippen molar-refractivity contribution in [2.75, 3.05) is 20.1 Å². The predicted molar refractivity (Wildman–Crippen MR) is 100 cm³/mol. The molecule has 1 aliphatic heterocycles. The summed E-state index contributed by atoms with van der Waals surface area (Å²) in [6.07, 6.45) is 3.47. The van der Waals surface area contributed by atoms with Crippen molar-refractivity contribution in [3.63, 3.8) is 0 Å². The number of amides is 1. The van der Waals surface area contributed by atoms with Crippen LogP contribution in [0.2, 0.25) is 0 Å². The Labute approximate surface area is 149 Å². The number of hydrogen-bond acceptors (Lipinski definition) is 3. The molecule has 25 heavy (non-hydrogen) atoms. The topological polar surface area (TPSA) is 52.6 Å². The van der Waals surface area contributed by atoms with Crippen molar-refractivity contribution in [1.82, 2.24) is 10.2 Å². The highest BCUT2D eigenvalue weighted by atomic mass is 16.3. The van der Waals surface area contributed by atoms with E-state index < -0.39 is 0 Å². The van der Waals surface area contributed by atoms with Crippen LogP contribution < -0.4 is 5.32 Å². The number of aliphatic hydroxyl groups is 1. The van der Waals surface area contributed by atoms with Gasteiger partial charge in [0.2, 0.25) is 0 Å². The molecule has 0 aromatic heterocycles. The third kappa shape index (κ3) is 4.27. The van der Waals surface area contributed by atoms with Crippen LogP contribution >= 0.6 is 0 Å². The summed E-state index contributed by atoms with van der Waals surface area (Å²) in [5, 5.41) is 12.6. The molecular weight excluding hydrogens is 312 g/mol. The highest BCUT2D eigenvalue weighted by Crippen LogP contribution is 2.24. The van der Waals surface area contributed by atoms with E-state index in [1.165, 1.54) is 12.8 Å². The molecule has 0 unspecified atom stereocenters. The van der Waals surface area contributed by atoms with E-state index in [1.54, 1.807) is 0 Å². The number of rotatable bonds is 6. The molecule has 2 aromatic rings. The first kappa shape index (κ1) is 17.6. The minimum absolute atomic E-state index is 0.0124. The molecule has 1 atom stereocenters. The minimum Gasteiger partial charge on any atom is -0.392 e. The van der Waals surface area contributed by atoms with Gasteiger partial charge in [0, 0.05) is 18.2 Å². The normalized spacial score (nSPS) is 17.6. The number of benzene rings is 2. The second-order valence-corrected chi connectivity index (χ2v) is 6.72. The molecule has 1 heterocycles. The zero-order valence-electron chi connectivity index (χ0n) is 14.7. The number of carbonyl (C=O) groups is 1. The summed E-state index contributed by atoms with van der Waals surface area (Å²) in [7, 11) is 2.15. The Morgan fingerprint density at radius 3 is 2.84 bits per heavy atom. The van der Waals surface area contributed by atoms with E-state index in [0.717, 1.165) is 29.7 Å². The summed E-state index contributed by atoms with van der Waals surface area (Å²) in [4.78, 5) is 14.8. The molecule has 0 bridgehead atoms. The minimum atomic E-state index is -0.0380. The Balaban J connectivity index is 1.65. The lowest BCUT2D eigenvalue weighted by Gasteiger charge is -2.19. The van der Waals surface area contributed by atoms with Gasteiger partial charge >= 0.3 is 0 Å². The second-order valence-electron chi connectivity index (χ2n) is 6.72. The maximum Gasteiger partial charge on any atom is 0.251 e. The van der Waals surface area contributed by atoms with Crippen LogP contribution in [0.1, 0.15) is 35.2 Å². The fourth-order valence-corrected chi connectivity index (χ4v) is 3.57. The Morgan fingerprint density at radius 1 is 1.24 bits per heavy atom. The lowest BCUT2D eigenvalue weighted by atomic mass is 9.98. The van der Waals surface area contributed by atoms with Gasteiger partial charge in [0.15, 0.2) is 0 Å². The first-order chi connectivity index (χ1) is 12.2. The van der Waals surface area contributed by atoms with E-state index >= 15 is 0 Å². The van der Waals surface area contributed by atoms with Crippen LogP contribution in [-0.4, -0.2) is 42.1 Å². The quantitative estimate of drug-likeness (QED) is 0.851. The molecule has 0 spiro atoms. The summed E-state index contributed by atoms with van der Waals surface area (Å²) < 4.78 is 0. The van der Waals surface area contributed by atoms with Crippen molar-refractivity contribution in [1.29, 1.82) is 0 Å². The molecular formula is C21H26N2O2. The highest BCUT2D eigenvalue weighted by molar-refractivity contribution is 5.95. The fourth-order valence-electron chi connectivity index (χ4n) is 3.57. The molecule has 2 N–H and O–H groups in total. The van der Waals surface area contributed by atoms with Crippen molar-refractivity contribution in [2.45, 2.75) is 31.9 Å². The summed E-state index contributed by atoms with van der Waals surface area (Å²) in [6, 6.07) is 15.9. The average Bonchev–Trinajstić information content (AvgIpc) is 3.06. The first-order valence-electron chi connectivity index (χ1n) is 8.96. The van der Waals surface area contributed by atoms with Crippen molar-refractivity contribution in [2.24, 2.45) is 0 Å². The van der Waals surface area contributed by atoms with E-state index in [4.69, 9.17) is 0 Å². The maximum absolute atomic E-state index is 12.5. The number of likely N-dealkylation sites (tertiary alicyclic amines) is 1. The monoisotopic (exact) mass is 338 g/mol. The van der Waals surface area contributed by atoms with Gasteiger partial charge < -0.3 is 15.3 Å². The molecule has 4 heteroatoms. The van der Waals surface area contributed by atoms with Crippen molar-refractivity contribution in [3.05, 3.63) is 59.7 Å². The standard InChI is InChI=1S/C21H26N2O2/c1-23-13-5-9-19(23)11-12-22-21(25)17-8-4-7-16(14-17)20-10-3-2-6-18(20)15-24/h2-4,6-8,10,14,19,24H,5,9,11-13,15H2,1H3,(H,22,25)/t19-/m0/s1. The van der Waals surface area contributed by atoms with Gasteiger partial charge in [0.05, 0.1) is 6.61 Å². The van der Waals surface area contributed by atoms with E-state index in [0.29, 0.717) is 18.2 Å². The van der Waals surface area contributed by atoms with Gasteiger partial charge in [-0.25, -0.2) is 0 Å². The summed E-state index contributed by atoms with van der Waals surface area (Å²) >= 11 is 0. The molecule has 0 radical (unpaired) electrons. The third-order valence-corrected chi connectivity index (χ3v) is 5.06. The second kappa shape index (κ2) is 8.28. The van der Waals surface area contributed by atoms with Gasteiger partial charge in [-0.1, -0.05) is 36.4 Å². The van der Waals surface area contributed by atoms with Crippen LogP contribution in [0.4, 0.5) is 0 Å². The van der Waals surface area contributed by atoms with Crippen molar-refractivity contribution in [3.8, 4) is 11.1 Å². The number of aliphatic hydroxyl groups excluding tert-OH is 1. The Kier molecular flexibility index (Phi) is 5.84. The molecule has 1 saturated heterocycles. The SMILES string of the molecule is CN1CCC[C@H]1CCNC(=O)c1cccc(-c2ccccc2CO)c1. The largest absolute Gasteiger partial charge is 0.392 e. The Bertz CT molecular complexity index is 729. The van der Waals surface area contributed by atoms with Crippen LogP contribution in [0.3, 0.4) is 0 Å². The number of nitrogens with zero attached hydrogens (tertiary/aromatic N) is 1. The molecule has 0 saturated carbocycles. The van der Waals surface area contributed by atoms with E-state index in [9.17, 15) is 9.90 Å². The van der Waals surface area contributed by atoms with Gasteiger partial charge in [-0.2, -0.15) is 0 Å². The zero-order chi connectivity index (χ0) is 17.6.